The second kappa shape index (κ2) is 7.72. The number of rotatable bonds is 4. The molecule has 0 bridgehead atoms. The first kappa shape index (κ1) is 19.8. The molecule has 4 rings (SSSR count). The summed E-state index contributed by atoms with van der Waals surface area (Å²) in [5, 5.41) is 7.43. The molecule has 1 saturated carbocycles. The molecule has 3 aromatic rings. The number of nitrogens with zero attached hydrogens (tertiary/aromatic N) is 3. The molecule has 0 radical (unpaired) electrons. The van der Waals surface area contributed by atoms with Crippen LogP contribution in [0.25, 0.3) is 10.8 Å². The van der Waals surface area contributed by atoms with Gasteiger partial charge in [-0.15, -0.1) is 0 Å². The van der Waals surface area contributed by atoms with Crippen molar-refractivity contribution in [3.8, 4) is 11.8 Å². The molecule has 0 aliphatic heterocycles. The first-order valence-corrected chi connectivity index (χ1v) is 11.2. The van der Waals surface area contributed by atoms with E-state index < -0.39 is 9.84 Å². The van der Waals surface area contributed by atoms with Crippen LogP contribution in [0.5, 0.6) is 0 Å². The number of anilines is 2. The van der Waals surface area contributed by atoms with E-state index in [1.54, 1.807) is 31.6 Å². The number of aromatic nitrogens is 3. The molecule has 0 atom stereocenters. The van der Waals surface area contributed by atoms with Crippen LogP contribution in [0.1, 0.15) is 24.1 Å². The maximum Gasteiger partial charge on any atom is 0.228 e. The van der Waals surface area contributed by atoms with Crippen molar-refractivity contribution in [2.75, 3.05) is 23.9 Å². The second-order valence-electron chi connectivity index (χ2n) is 7.05. The predicted molar refractivity (Wildman–Crippen MR) is 114 cm³/mol. The van der Waals surface area contributed by atoms with Gasteiger partial charge < -0.3 is 10.6 Å². The number of fused-ring (bicyclic) bond motifs is 1. The van der Waals surface area contributed by atoms with Crippen molar-refractivity contribution in [3.05, 3.63) is 48.0 Å². The van der Waals surface area contributed by atoms with E-state index in [1.807, 2.05) is 0 Å². The SMILES string of the molecule is CNc1ncc(C#Cc2ccc(S(C)(=O)=O)cn2)c2cc(NC(=O)C3CC3)ncc12. The van der Waals surface area contributed by atoms with Gasteiger partial charge in [0, 0.05) is 48.6 Å². The van der Waals surface area contributed by atoms with E-state index >= 15 is 0 Å². The van der Waals surface area contributed by atoms with Crippen LogP contribution in [0.15, 0.2) is 41.7 Å². The fourth-order valence-electron chi connectivity index (χ4n) is 2.88. The summed E-state index contributed by atoms with van der Waals surface area (Å²) in [6, 6.07) is 4.81. The molecule has 1 aliphatic carbocycles. The predicted octanol–water partition coefficient (Wildman–Crippen LogP) is 2.22. The number of hydrogen-bond donors (Lipinski definition) is 2. The molecule has 152 valence electrons. The molecule has 3 aromatic heterocycles. The smallest absolute Gasteiger partial charge is 0.228 e. The average molecular weight is 421 g/mol. The standard InChI is InChI=1S/C21H19N5O3S/c1-22-20-18-12-24-19(26-21(27)13-3-4-13)9-17(18)14(10-25-20)5-6-15-7-8-16(11-23-15)30(2,28)29/h7-13H,3-4H2,1-2H3,(H,22,25)(H,24,26,27). The van der Waals surface area contributed by atoms with E-state index in [0.717, 1.165) is 29.9 Å². The number of carbonyl (C=O) groups is 1. The fraction of sp³-hybridized carbons (Fsp3) is 0.238. The Morgan fingerprint density at radius 3 is 2.50 bits per heavy atom. The number of hydrogen-bond acceptors (Lipinski definition) is 7. The first-order chi connectivity index (χ1) is 14.3. The Labute approximate surface area is 174 Å². The minimum Gasteiger partial charge on any atom is -0.373 e. The van der Waals surface area contributed by atoms with Gasteiger partial charge in [0.1, 0.15) is 17.3 Å². The number of pyridine rings is 3. The zero-order valence-electron chi connectivity index (χ0n) is 16.4. The van der Waals surface area contributed by atoms with Gasteiger partial charge in [0.25, 0.3) is 0 Å². The van der Waals surface area contributed by atoms with E-state index in [1.165, 1.54) is 12.3 Å². The second-order valence-corrected chi connectivity index (χ2v) is 9.07. The monoisotopic (exact) mass is 421 g/mol. The van der Waals surface area contributed by atoms with Gasteiger partial charge in [-0.3, -0.25) is 4.79 Å². The van der Waals surface area contributed by atoms with E-state index in [-0.39, 0.29) is 16.7 Å². The quantitative estimate of drug-likeness (QED) is 0.621. The average Bonchev–Trinajstić information content (AvgIpc) is 3.57. The molecule has 30 heavy (non-hydrogen) atoms. The summed E-state index contributed by atoms with van der Waals surface area (Å²) in [5.41, 5.74) is 1.08. The molecule has 0 aromatic carbocycles. The number of sulfone groups is 1. The van der Waals surface area contributed by atoms with Crippen molar-refractivity contribution in [3.63, 3.8) is 0 Å². The number of amides is 1. The normalized spacial score (nSPS) is 13.4. The van der Waals surface area contributed by atoms with Crippen molar-refractivity contribution in [1.29, 1.82) is 0 Å². The van der Waals surface area contributed by atoms with Gasteiger partial charge >= 0.3 is 0 Å². The molecule has 2 N–H and O–H groups in total. The van der Waals surface area contributed by atoms with Gasteiger partial charge in [-0.1, -0.05) is 5.92 Å². The van der Waals surface area contributed by atoms with Gasteiger partial charge in [0.05, 0.1) is 10.5 Å². The third-order valence-electron chi connectivity index (χ3n) is 4.70. The zero-order chi connectivity index (χ0) is 21.3. The molecule has 0 spiro atoms. The molecular weight excluding hydrogens is 402 g/mol. The van der Waals surface area contributed by atoms with Crippen LogP contribution in [-0.4, -0.2) is 42.6 Å². The lowest BCUT2D eigenvalue weighted by Crippen LogP contribution is -2.14. The van der Waals surface area contributed by atoms with Crippen LogP contribution in [-0.2, 0) is 14.6 Å². The van der Waals surface area contributed by atoms with Crippen molar-refractivity contribution in [2.24, 2.45) is 5.92 Å². The Kier molecular flexibility index (Phi) is 5.10. The van der Waals surface area contributed by atoms with Crippen molar-refractivity contribution >= 4 is 38.2 Å². The number of nitrogens with one attached hydrogen (secondary N) is 2. The maximum atomic E-state index is 12.1. The zero-order valence-corrected chi connectivity index (χ0v) is 17.2. The topological polar surface area (TPSA) is 114 Å². The molecule has 9 heteroatoms. The fourth-order valence-corrected chi connectivity index (χ4v) is 3.44. The first-order valence-electron chi connectivity index (χ1n) is 9.30. The summed E-state index contributed by atoms with van der Waals surface area (Å²) in [6.45, 7) is 0. The van der Waals surface area contributed by atoms with Crippen LogP contribution in [0, 0.1) is 17.8 Å². The Hall–Kier alpha value is -3.51. The summed E-state index contributed by atoms with van der Waals surface area (Å²) < 4.78 is 23.1. The lowest BCUT2D eigenvalue weighted by atomic mass is 10.1. The Morgan fingerprint density at radius 2 is 1.87 bits per heavy atom. The molecule has 3 heterocycles. The minimum atomic E-state index is -3.31. The van der Waals surface area contributed by atoms with Gasteiger partial charge in [-0.05, 0) is 37.0 Å². The third kappa shape index (κ3) is 4.23. The van der Waals surface area contributed by atoms with Crippen LogP contribution in [0.4, 0.5) is 11.6 Å². The lowest BCUT2D eigenvalue weighted by molar-refractivity contribution is -0.117. The lowest BCUT2D eigenvalue weighted by Gasteiger charge is -2.09. The van der Waals surface area contributed by atoms with Crippen molar-refractivity contribution in [2.45, 2.75) is 17.7 Å². The third-order valence-corrected chi connectivity index (χ3v) is 5.80. The molecule has 1 aliphatic rings. The Morgan fingerprint density at radius 1 is 1.07 bits per heavy atom. The minimum absolute atomic E-state index is 0.0208. The highest BCUT2D eigenvalue weighted by molar-refractivity contribution is 7.90. The molecule has 1 fully saturated rings. The number of carbonyl (C=O) groups excluding carboxylic acids is 1. The van der Waals surface area contributed by atoms with Crippen molar-refractivity contribution < 1.29 is 13.2 Å². The van der Waals surface area contributed by atoms with Crippen LogP contribution >= 0.6 is 0 Å². The highest BCUT2D eigenvalue weighted by Gasteiger charge is 2.29. The van der Waals surface area contributed by atoms with Crippen LogP contribution in [0.3, 0.4) is 0 Å². The highest BCUT2D eigenvalue weighted by Crippen LogP contribution is 2.31. The largest absolute Gasteiger partial charge is 0.373 e. The van der Waals surface area contributed by atoms with E-state index in [4.69, 9.17) is 0 Å². The van der Waals surface area contributed by atoms with Gasteiger partial charge in [-0.25, -0.2) is 23.4 Å². The molecule has 8 nitrogen and oxygen atoms in total. The Bertz CT molecular complexity index is 1300. The summed E-state index contributed by atoms with van der Waals surface area (Å²) in [7, 11) is -1.54. The summed E-state index contributed by atoms with van der Waals surface area (Å²) in [4.78, 5) is 25.0. The summed E-state index contributed by atoms with van der Waals surface area (Å²) in [5.74, 6) is 7.14. The highest BCUT2D eigenvalue weighted by atomic mass is 32.2. The molecular formula is C21H19N5O3S. The van der Waals surface area contributed by atoms with E-state index in [9.17, 15) is 13.2 Å². The van der Waals surface area contributed by atoms with Crippen LogP contribution in [0.2, 0.25) is 0 Å². The molecule has 0 saturated heterocycles. The van der Waals surface area contributed by atoms with E-state index in [0.29, 0.717) is 22.9 Å². The van der Waals surface area contributed by atoms with Gasteiger partial charge in [0.2, 0.25) is 5.91 Å². The molecule has 0 unspecified atom stereocenters. The van der Waals surface area contributed by atoms with Gasteiger partial charge in [-0.2, -0.15) is 0 Å². The van der Waals surface area contributed by atoms with Crippen LogP contribution < -0.4 is 10.6 Å². The summed E-state index contributed by atoms with van der Waals surface area (Å²) >= 11 is 0. The Balaban J connectivity index is 1.71. The maximum absolute atomic E-state index is 12.1. The van der Waals surface area contributed by atoms with Crippen molar-refractivity contribution in [1.82, 2.24) is 15.0 Å². The van der Waals surface area contributed by atoms with Gasteiger partial charge in [0.15, 0.2) is 9.84 Å². The van der Waals surface area contributed by atoms with E-state index in [2.05, 4.69) is 37.4 Å². The molecule has 1 amide bonds. The summed E-state index contributed by atoms with van der Waals surface area (Å²) in [6.07, 6.45) is 7.53.